The first kappa shape index (κ1) is 16.0. The summed E-state index contributed by atoms with van der Waals surface area (Å²) >= 11 is 0. The topological polar surface area (TPSA) is 61.6 Å². The van der Waals surface area contributed by atoms with Crippen LogP contribution >= 0.6 is 0 Å². The Morgan fingerprint density at radius 2 is 2.10 bits per heavy atom. The highest BCUT2D eigenvalue weighted by molar-refractivity contribution is 5.55. The van der Waals surface area contributed by atoms with Crippen molar-refractivity contribution < 1.29 is 14.4 Å². The first-order chi connectivity index (χ1) is 10.2. The maximum Gasteiger partial charge on any atom is 0.235 e. The molecule has 0 aliphatic heterocycles. The zero-order chi connectivity index (χ0) is 15.5. The van der Waals surface area contributed by atoms with Crippen LogP contribution in [0.3, 0.4) is 0 Å². The molecule has 5 heteroatoms. The van der Waals surface area contributed by atoms with Crippen LogP contribution in [0.5, 0.6) is 11.5 Å². The molecule has 0 aromatic heterocycles. The van der Waals surface area contributed by atoms with Crippen molar-refractivity contribution >= 4 is 6.08 Å². The van der Waals surface area contributed by atoms with Crippen molar-refractivity contribution in [3.05, 3.63) is 83.0 Å². The standard InChI is InChI=1S/C16H15NO4/c1-3-4-5-6-7-12-21-15-9-8-14(10-11-17(18)19)13-16(15)20-2/h4-13H,1H2,2H3/b6-5+,11-10+,12-7-. The fourth-order valence-electron chi connectivity index (χ4n) is 1.38. The lowest BCUT2D eigenvalue weighted by atomic mass is 10.2. The molecule has 108 valence electrons. The molecule has 5 nitrogen and oxygen atoms in total. The van der Waals surface area contributed by atoms with E-state index in [1.165, 1.54) is 19.4 Å². The van der Waals surface area contributed by atoms with E-state index in [1.54, 1.807) is 42.5 Å². The second kappa shape index (κ2) is 8.96. The van der Waals surface area contributed by atoms with Crippen LogP contribution in [-0.2, 0) is 0 Å². The molecule has 0 spiro atoms. The number of rotatable bonds is 7. The Bertz CT molecular complexity index is 623. The van der Waals surface area contributed by atoms with Crippen LogP contribution in [-0.4, -0.2) is 12.0 Å². The van der Waals surface area contributed by atoms with Gasteiger partial charge >= 0.3 is 0 Å². The van der Waals surface area contributed by atoms with E-state index in [4.69, 9.17) is 9.47 Å². The molecule has 0 fully saturated rings. The fourth-order valence-corrected chi connectivity index (χ4v) is 1.38. The van der Waals surface area contributed by atoms with Gasteiger partial charge in [-0.3, -0.25) is 10.1 Å². The summed E-state index contributed by atoms with van der Waals surface area (Å²) in [7, 11) is 1.50. The molecule has 0 N–H and O–H groups in total. The fraction of sp³-hybridized carbons (Fsp3) is 0.0625. The van der Waals surface area contributed by atoms with E-state index in [0.717, 1.165) is 6.20 Å². The van der Waals surface area contributed by atoms with E-state index in [2.05, 4.69) is 12.3 Å². The monoisotopic (exact) mass is 285 g/mol. The summed E-state index contributed by atoms with van der Waals surface area (Å²) in [6.45, 7) is 3.43. The highest BCUT2D eigenvalue weighted by Crippen LogP contribution is 2.28. The molecule has 0 bridgehead atoms. The molecule has 0 amide bonds. The van der Waals surface area contributed by atoms with E-state index < -0.39 is 4.92 Å². The number of nitrogens with zero attached hydrogens (tertiary/aromatic N) is 1. The van der Waals surface area contributed by atoms with E-state index >= 15 is 0 Å². The zero-order valence-corrected chi connectivity index (χ0v) is 11.6. The van der Waals surface area contributed by atoms with Crippen LogP contribution in [0.25, 0.3) is 6.08 Å². The molecule has 1 aromatic carbocycles. The zero-order valence-electron chi connectivity index (χ0n) is 11.6. The van der Waals surface area contributed by atoms with Gasteiger partial charge in [0.15, 0.2) is 11.5 Å². The minimum atomic E-state index is -0.524. The highest BCUT2D eigenvalue weighted by atomic mass is 16.6. The summed E-state index contributed by atoms with van der Waals surface area (Å²) in [5, 5.41) is 10.3. The summed E-state index contributed by atoms with van der Waals surface area (Å²) in [6.07, 6.45) is 10.6. The van der Waals surface area contributed by atoms with E-state index in [-0.39, 0.29) is 0 Å². The maximum absolute atomic E-state index is 10.3. The molecule has 1 aromatic rings. The van der Waals surface area contributed by atoms with Gasteiger partial charge in [0.05, 0.1) is 18.3 Å². The Morgan fingerprint density at radius 1 is 1.29 bits per heavy atom. The molecular formula is C16H15NO4. The van der Waals surface area contributed by atoms with E-state index in [9.17, 15) is 10.1 Å². The van der Waals surface area contributed by atoms with Gasteiger partial charge in [-0.05, 0) is 29.8 Å². The maximum atomic E-state index is 10.3. The first-order valence-electron chi connectivity index (χ1n) is 6.01. The molecule has 0 saturated carbocycles. The summed E-state index contributed by atoms with van der Waals surface area (Å²) in [4.78, 5) is 9.76. The number of benzene rings is 1. The van der Waals surface area contributed by atoms with Crippen molar-refractivity contribution in [3.63, 3.8) is 0 Å². The van der Waals surface area contributed by atoms with Gasteiger partial charge in [-0.2, -0.15) is 0 Å². The summed E-state index contributed by atoms with van der Waals surface area (Å²) in [6, 6.07) is 5.03. The molecule has 0 atom stereocenters. The van der Waals surface area contributed by atoms with Crippen molar-refractivity contribution in [3.8, 4) is 11.5 Å². The van der Waals surface area contributed by atoms with Gasteiger partial charge in [0, 0.05) is 6.08 Å². The average Bonchev–Trinajstić information content (AvgIpc) is 2.49. The predicted molar refractivity (Wildman–Crippen MR) is 81.6 cm³/mol. The number of hydrogen-bond acceptors (Lipinski definition) is 4. The van der Waals surface area contributed by atoms with Crippen molar-refractivity contribution in [2.75, 3.05) is 7.11 Å². The normalized spacial score (nSPS) is 10.9. The summed E-state index contributed by atoms with van der Waals surface area (Å²) in [5.41, 5.74) is 3.26. The lowest BCUT2D eigenvalue weighted by Crippen LogP contribution is -1.90. The average molecular weight is 285 g/mol. The third-order valence-corrected chi connectivity index (χ3v) is 2.29. The number of methoxy groups -OCH3 is 1. The molecule has 0 saturated heterocycles. The Kier molecular flexibility index (Phi) is 6.83. The number of hydrogen-bond donors (Lipinski definition) is 0. The first-order valence-corrected chi connectivity index (χ1v) is 6.01. The Hall–Kier alpha value is -3.04. The third kappa shape index (κ3) is 6.09. The van der Waals surface area contributed by atoms with Gasteiger partial charge in [-0.25, -0.2) is 0 Å². The SMILES string of the molecule is C=C=C/C=C/C=C\Oc1ccc(/C=C/[N+](=O)[O-])cc1OC. The Morgan fingerprint density at radius 3 is 2.76 bits per heavy atom. The van der Waals surface area contributed by atoms with Gasteiger partial charge in [0.2, 0.25) is 6.20 Å². The van der Waals surface area contributed by atoms with E-state index in [0.29, 0.717) is 17.1 Å². The number of ether oxygens (including phenoxy) is 2. The van der Waals surface area contributed by atoms with Crippen molar-refractivity contribution in [2.45, 2.75) is 0 Å². The minimum absolute atomic E-state index is 0.486. The van der Waals surface area contributed by atoms with Crippen LogP contribution in [0.1, 0.15) is 5.56 Å². The molecule has 0 heterocycles. The number of nitro groups is 1. The number of allylic oxidation sites excluding steroid dienone is 4. The Balaban J connectivity index is 2.79. The molecule has 21 heavy (non-hydrogen) atoms. The van der Waals surface area contributed by atoms with Gasteiger partial charge in [0.1, 0.15) is 0 Å². The van der Waals surface area contributed by atoms with Crippen LogP contribution in [0, 0.1) is 10.1 Å². The molecule has 0 unspecified atom stereocenters. The minimum Gasteiger partial charge on any atom is -0.493 e. The van der Waals surface area contributed by atoms with Crippen LogP contribution in [0.4, 0.5) is 0 Å². The molecule has 0 aliphatic carbocycles. The van der Waals surface area contributed by atoms with Crippen LogP contribution in [0.2, 0.25) is 0 Å². The lowest BCUT2D eigenvalue weighted by molar-refractivity contribution is -0.400. The third-order valence-electron chi connectivity index (χ3n) is 2.29. The largest absolute Gasteiger partial charge is 0.493 e. The summed E-state index contributed by atoms with van der Waals surface area (Å²) in [5.74, 6) is 1.000. The molecule has 0 aliphatic rings. The van der Waals surface area contributed by atoms with Gasteiger partial charge in [-0.15, -0.1) is 5.73 Å². The second-order valence-electron chi connectivity index (χ2n) is 3.71. The highest BCUT2D eigenvalue weighted by Gasteiger charge is 2.04. The van der Waals surface area contributed by atoms with E-state index in [1.807, 2.05) is 0 Å². The van der Waals surface area contributed by atoms with Gasteiger partial charge < -0.3 is 9.47 Å². The molecule has 0 radical (unpaired) electrons. The molecule has 1 rings (SSSR count). The van der Waals surface area contributed by atoms with Crippen molar-refractivity contribution in [1.29, 1.82) is 0 Å². The second-order valence-corrected chi connectivity index (χ2v) is 3.71. The predicted octanol–water partition coefficient (Wildman–Crippen LogP) is 3.73. The van der Waals surface area contributed by atoms with Gasteiger partial charge in [-0.1, -0.05) is 24.8 Å². The van der Waals surface area contributed by atoms with Gasteiger partial charge in [0.25, 0.3) is 0 Å². The quantitative estimate of drug-likeness (QED) is 0.252. The van der Waals surface area contributed by atoms with Crippen molar-refractivity contribution in [2.24, 2.45) is 0 Å². The van der Waals surface area contributed by atoms with Crippen LogP contribution < -0.4 is 9.47 Å². The lowest BCUT2D eigenvalue weighted by Gasteiger charge is -2.07. The smallest absolute Gasteiger partial charge is 0.235 e. The van der Waals surface area contributed by atoms with Crippen molar-refractivity contribution in [1.82, 2.24) is 0 Å². The van der Waals surface area contributed by atoms with Crippen LogP contribution in [0.15, 0.2) is 67.3 Å². The summed E-state index contributed by atoms with van der Waals surface area (Å²) < 4.78 is 10.6. The molecular weight excluding hydrogens is 270 g/mol. The Labute approximate surface area is 123 Å².